The van der Waals surface area contributed by atoms with E-state index in [9.17, 15) is 0 Å². The second-order valence-electron chi connectivity index (χ2n) is 6.95. The van der Waals surface area contributed by atoms with Crippen molar-refractivity contribution in [1.82, 2.24) is 4.98 Å². The van der Waals surface area contributed by atoms with E-state index in [0.29, 0.717) is 0 Å². The molecule has 0 saturated heterocycles. The van der Waals surface area contributed by atoms with Gasteiger partial charge in [0.2, 0.25) is 0 Å². The molecule has 0 bridgehead atoms. The number of aryl methyl sites for hydroxylation is 1. The summed E-state index contributed by atoms with van der Waals surface area (Å²) in [6.07, 6.45) is 3.90. The van der Waals surface area contributed by atoms with Gasteiger partial charge in [-0.1, -0.05) is 84.4 Å². The highest BCUT2D eigenvalue weighted by atomic mass is 14.6. The highest BCUT2D eigenvalue weighted by Crippen LogP contribution is 2.43. The van der Waals surface area contributed by atoms with Crippen molar-refractivity contribution in [2.45, 2.75) is 6.92 Å². The lowest BCUT2D eigenvalue weighted by atomic mass is 9.86. The van der Waals surface area contributed by atoms with Crippen molar-refractivity contribution in [2.75, 3.05) is 0 Å². The SMILES string of the molecule is Cc1cccc(-c2c3ccccc3c(-c3ccccc3)c3ccncc23)c1. The van der Waals surface area contributed by atoms with Gasteiger partial charge in [-0.05, 0) is 51.4 Å². The first kappa shape index (κ1) is 15.8. The second-order valence-corrected chi connectivity index (χ2v) is 6.95. The zero-order chi connectivity index (χ0) is 18.2. The monoisotopic (exact) mass is 345 g/mol. The highest BCUT2D eigenvalue weighted by molar-refractivity contribution is 6.21. The molecule has 0 aliphatic heterocycles. The minimum atomic E-state index is 1.20. The van der Waals surface area contributed by atoms with Gasteiger partial charge in [-0.3, -0.25) is 4.98 Å². The van der Waals surface area contributed by atoms with Crippen molar-refractivity contribution < 1.29 is 0 Å². The minimum absolute atomic E-state index is 1.20. The van der Waals surface area contributed by atoms with Crippen molar-refractivity contribution in [2.24, 2.45) is 0 Å². The molecule has 1 heteroatoms. The number of benzene rings is 4. The summed E-state index contributed by atoms with van der Waals surface area (Å²) in [7, 11) is 0. The molecule has 4 aromatic carbocycles. The number of hydrogen-bond acceptors (Lipinski definition) is 1. The van der Waals surface area contributed by atoms with E-state index >= 15 is 0 Å². The maximum Gasteiger partial charge on any atom is 0.0353 e. The molecule has 0 aliphatic carbocycles. The fourth-order valence-electron chi connectivity index (χ4n) is 4.05. The molecule has 1 heterocycles. The molecule has 27 heavy (non-hydrogen) atoms. The van der Waals surface area contributed by atoms with Crippen LogP contribution in [0.3, 0.4) is 0 Å². The second kappa shape index (κ2) is 6.37. The quantitative estimate of drug-likeness (QED) is 0.313. The van der Waals surface area contributed by atoms with E-state index < -0.39 is 0 Å². The van der Waals surface area contributed by atoms with Gasteiger partial charge in [0.25, 0.3) is 0 Å². The average molecular weight is 345 g/mol. The normalized spacial score (nSPS) is 11.1. The molecule has 0 amide bonds. The molecule has 5 aromatic rings. The number of fused-ring (bicyclic) bond motifs is 2. The van der Waals surface area contributed by atoms with Crippen LogP contribution in [0.1, 0.15) is 5.56 Å². The standard InChI is InChI=1S/C26H19N/c1-18-8-7-11-20(16-18)26-22-13-6-5-12-21(22)25(19-9-3-2-4-10-19)23-14-15-27-17-24(23)26/h2-17H,1H3. The Labute approximate surface area is 158 Å². The van der Waals surface area contributed by atoms with E-state index in [4.69, 9.17) is 0 Å². The summed E-state index contributed by atoms with van der Waals surface area (Å²) < 4.78 is 0. The molecule has 0 radical (unpaired) electrons. The topological polar surface area (TPSA) is 12.9 Å². The Bertz CT molecular complexity index is 1210. The molecule has 0 saturated carbocycles. The molecular formula is C26H19N. The molecule has 0 N–H and O–H groups in total. The zero-order valence-corrected chi connectivity index (χ0v) is 15.2. The third-order valence-electron chi connectivity index (χ3n) is 5.19. The van der Waals surface area contributed by atoms with Crippen LogP contribution >= 0.6 is 0 Å². The van der Waals surface area contributed by atoms with Crippen molar-refractivity contribution in [3.05, 3.63) is 103 Å². The van der Waals surface area contributed by atoms with Gasteiger partial charge in [-0.15, -0.1) is 0 Å². The fraction of sp³-hybridized carbons (Fsp3) is 0.0385. The fourth-order valence-corrected chi connectivity index (χ4v) is 4.05. The molecule has 1 aromatic heterocycles. The van der Waals surface area contributed by atoms with Crippen LogP contribution in [0.25, 0.3) is 43.8 Å². The van der Waals surface area contributed by atoms with E-state index in [1.54, 1.807) is 0 Å². The summed E-state index contributed by atoms with van der Waals surface area (Å²) in [5.41, 5.74) is 6.28. The van der Waals surface area contributed by atoms with Gasteiger partial charge in [-0.2, -0.15) is 0 Å². The van der Waals surface area contributed by atoms with E-state index in [1.165, 1.54) is 49.4 Å². The van der Waals surface area contributed by atoms with E-state index in [1.807, 2.05) is 12.4 Å². The molecule has 1 nitrogen and oxygen atoms in total. The smallest absolute Gasteiger partial charge is 0.0353 e. The lowest BCUT2D eigenvalue weighted by molar-refractivity contribution is 1.37. The summed E-state index contributed by atoms with van der Waals surface area (Å²) in [6.45, 7) is 2.14. The maximum absolute atomic E-state index is 4.46. The lowest BCUT2D eigenvalue weighted by Crippen LogP contribution is -1.91. The lowest BCUT2D eigenvalue weighted by Gasteiger charge is -2.17. The number of hydrogen-bond donors (Lipinski definition) is 0. The zero-order valence-electron chi connectivity index (χ0n) is 15.2. The van der Waals surface area contributed by atoms with Gasteiger partial charge in [0.05, 0.1) is 0 Å². The Hall–Kier alpha value is -3.45. The van der Waals surface area contributed by atoms with Crippen LogP contribution in [0.2, 0.25) is 0 Å². The van der Waals surface area contributed by atoms with Gasteiger partial charge < -0.3 is 0 Å². The maximum atomic E-state index is 4.46. The third kappa shape index (κ3) is 2.60. The van der Waals surface area contributed by atoms with Gasteiger partial charge in [0.1, 0.15) is 0 Å². The van der Waals surface area contributed by atoms with E-state index in [-0.39, 0.29) is 0 Å². The van der Waals surface area contributed by atoms with Crippen LogP contribution in [-0.4, -0.2) is 4.98 Å². The van der Waals surface area contributed by atoms with E-state index in [0.717, 1.165) is 0 Å². The van der Waals surface area contributed by atoms with Crippen LogP contribution in [0.5, 0.6) is 0 Å². The predicted octanol–water partition coefficient (Wildman–Crippen LogP) is 7.03. The molecule has 0 aliphatic rings. The highest BCUT2D eigenvalue weighted by Gasteiger charge is 2.16. The number of aromatic nitrogens is 1. The average Bonchev–Trinajstić information content (AvgIpc) is 2.72. The first-order valence-corrected chi connectivity index (χ1v) is 9.24. The van der Waals surface area contributed by atoms with Gasteiger partial charge in [-0.25, -0.2) is 0 Å². The van der Waals surface area contributed by atoms with Crippen molar-refractivity contribution in [1.29, 1.82) is 0 Å². The molecule has 128 valence electrons. The third-order valence-corrected chi connectivity index (χ3v) is 5.19. The first-order chi connectivity index (χ1) is 13.3. The van der Waals surface area contributed by atoms with E-state index in [2.05, 4.69) is 96.8 Å². The number of pyridine rings is 1. The summed E-state index contributed by atoms with van der Waals surface area (Å²) in [5.74, 6) is 0. The van der Waals surface area contributed by atoms with Crippen LogP contribution in [0, 0.1) is 6.92 Å². The first-order valence-electron chi connectivity index (χ1n) is 9.24. The van der Waals surface area contributed by atoms with Crippen LogP contribution in [0.15, 0.2) is 97.3 Å². The van der Waals surface area contributed by atoms with Gasteiger partial charge in [0.15, 0.2) is 0 Å². The summed E-state index contributed by atoms with van der Waals surface area (Å²) in [6, 6.07) is 30.2. The Morgan fingerprint density at radius 2 is 1.19 bits per heavy atom. The van der Waals surface area contributed by atoms with Crippen LogP contribution in [0.4, 0.5) is 0 Å². The van der Waals surface area contributed by atoms with Crippen LogP contribution in [-0.2, 0) is 0 Å². The predicted molar refractivity (Wildman–Crippen MR) is 115 cm³/mol. The Morgan fingerprint density at radius 3 is 1.93 bits per heavy atom. The minimum Gasteiger partial charge on any atom is -0.264 e. The molecule has 0 spiro atoms. The van der Waals surface area contributed by atoms with Crippen LogP contribution < -0.4 is 0 Å². The molecular weight excluding hydrogens is 326 g/mol. The molecule has 0 unspecified atom stereocenters. The molecule has 0 fully saturated rings. The summed E-state index contributed by atoms with van der Waals surface area (Å²) in [5, 5.41) is 4.98. The molecule has 0 atom stereocenters. The number of rotatable bonds is 2. The van der Waals surface area contributed by atoms with Crippen molar-refractivity contribution in [3.8, 4) is 22.3 Å². The Morgan fingerprint density at radius 1 is 0.556 bits per heavy atom. The van der Waals surface area contributed by atoms with Crippen molar-refractivity contribution >= 4 is 21.5 Å². The Balaban J connectivity index is 2.01. The summed E-state index contributed by atoms with van der Waals surface area (Å²) >= 11 is 0. The molecule has 5 rings (SSSR count). The van der Waals surface area contributed by atoms with Gasteiger partial charge >= 0.3 is 0 Å². The summed E-state index contributed by atoms with van der Waals surface area (Å²) in [4.78, 5) is 4.46. The largest absolute Gasteiger partial charge is 0.264 e. The van der Waals surface area contributed by atoms with Gasteiger partial charge in [0, 0.05) is 17.8 Å². The Kier molecular flexibility index (Phi) is 3.72. The van der Waals surface area contributed by atoms with Crippen molar-refractivity contribution in [3.63, 3.8) is 0 Å². The number of nitrogens with zero attached hydrogens (tertiary/aromatic N) is 1.